The van der Waals surface area contributed by atoms with Crippen LogP contribution in [0.25, 0.3) is 10.9 Å². The number of carbonyl (C=O) groups excluding carboxylic acids is 2. The summed E-state index contributed by atoms with van der Waals surface area (Å²) in [6.45, 7) is 9.48. The van der Waals surface area contributed by atoms with Crippen molar-refractivity contribution < 1.29 is 19.1 Å². The van der Waals surface area contributed by atoms with Gasteiger partial charge in [-0.25, -0.2) is 4.98 Å². The number of pyridine rings is 1. The molecule has 2 aliphatic rings. The van der Waals surface area contributed by atoms with Crippen molar-refractivity contribution in [3.05, 3.63) is 60.2 Å². The molecule has 9 heteroatoms. The van der Waals surface area contributed by atoms with Crippen LogP contribution in [0.2, 0.25) is 0 Å². The summed E-state index contributed by atoms with van der Waals surface area (Å²) in [4.78, 5) is 35.3. The first-order valence-electron chi connectivity index (χ1n) is 13.3. The van der Waals surface area contributed by atoms with Crippen LogP contribution in [-0.4, -0.2) is 75.4 Å². The Bertz CT molecular complexity index is 1270. The van der Waals surface area contributed by atoms with Crippen molar-refractivity contribution in [1.29, 1.82) is 0 Å². The van der Waals surface area contributed by atoms with E-state index < -0.39 is 6.04 Å². The third-order valence-corrected chi connectivity index (χ3v) is 7.15. The number of ether oxygens (including phenoxy) is 2. The first-order chi connectivity index (χ1) is 18.5. The number of hydrogen-bond acceptors (Lipinski definition) is 7. The van der Waals surface area contributed by atoms with Crippen molar-refractivity contribution in [2.75, 3.05) is 67.7 Å². The third-order valence-electron chi connectivity index (χ3n) is 7.15. The number of carbonyl (C=O) groups is 2. The second-order valence-electron chi connectivity index (χ2n) is 9.79. The van der Waals surface area contributed by atoms with E-state index in [9.17, 15) is 9.59 Å². The van der Waals surface area contributed by atoms with Crippen LogP contribution < -0.4 is 20.4 Å². The number of nitrogens with one attached hydrogen (secondary N) is 2. The molecule has 1 unspecified atom stereocenters. The fourth-order valence-electron chi connectivity index (χ4n) is 4.83. The fraction of sp³-hybridized carbons (Fsp3) is 0.414. The summed E-state index contributed by atoms with van der Waals surface area (Å²) in [5.41, 5.74) is 3.50. The Morgan fingerprint density at radius 1 is 0.842 bits per heavy atom. The molecular formula is C29H35N5O4. The summed E-state index contributed by atoms with van der Waals surface area (Å²) in [7, 11) is 0. The Labute approximate surface area is 223 Å². The number of amides is 2. The highest BCUT2D eigenvalue weighted by Crippen LogP contribution is 2.33. The highest BCUT2D eigenvalue weighted by atomic mass is 16.5. The average Bonchev–Trinajstić information content (AvgIpc) is 2.97. The molecule has 2 aromatic carbocycles. The molecule has 2 aliphatic heterocycles. The molecule has 1 aromatic heterocycles. The maximum atomic E-state index is 12.9. The average molecular weight is 518 g/mol. The number of nitrogens with zero attached hydrogens (tertiary/aromatic N) is 3. The Kier molecular flexibility index (Phi) is 8.05. The molecule has 0 bridgehead atoms. The van der Waals surface area contributed by atoms with Crippen LogP contribution in [0.5, 0.6) is 0 Å². The molecule has 0 saturated carbocycles. The molecule has 9 nitrogen and oxygen atoms in total. The molecule has 2 atom stereocenters. The van der Waals surface area contributed by atoms with E-state index in [4.69, 9.17) is 14.5 Å². The molecule has 0 spiro atoms. The summed E-state index contributed by atoms with van der Waals surface area (Å²) in [5.74, 6) is 0.150. The Morgan fingerprint density at radius 2 is 1.50 bits per heavy atom. The van der Waals surface area contributed by atoms with Crippen LogP contribution in [0.4, 0.5) is 17.2 Å². The zero-order chi connectivity index (χ0) is 26.5. The van der Waals surface area contributed by atoms with E-state index in [0.717, 1.165) is 54.2 Å². The predicted octanol–water partition coefficient (Wildman–Crippen LogP) is 3.15. The quantitative estimate of drug-likeness (QED) is 0.497. The van der Waals surface area contributed by atoms with Crippen LogP contribution in [0.3, 0.4) is 0 Å². The lowest BCUT2D eigenvalue weighted by Crippen LogP contribution is -2.43. The Hall–Kier alpha value is -3.69. The summed E-state index contributed by atoms with van der Waals surface area (Å²) < 4.78 is 11.1. The standard InChI is InChI=1S/C29H35N5O4/c1-20(22-6-4-3-5-7-22)28(35)30-21(2)29(36)31-24-8-9-25-23(18-24)19-26(33-10-14-37-15-11-33)27(32-25)34-12-16-38-17-13-34/h3-9,18-21H,10-17H2,1-2H3,(H,30,35)(H,31,36)/t20?,21-/m0/s1. The van der Waals surface area contributed by atoms with Crippen molar-refractivity contribution in [2.24, 2.45) is 0 Å². The first-order valence-corrected chi connectivity index (χ1v) is 13.3. The van der Waals surface area contributed by atoms with Crippen molar-refractivity contribution >= 4 is 39.9 Å². The van der Waals surface area contributed by atoms with Crippen LogP contribution in [0, 0.1) is 0 Å². The van der Waals surface area contributed by atoms with E-state index in [-0.39, 0.29) is 17.7 Å². The monoisotopic (exact) mass is 517 g/mol. The number of morpholine rings is 2. The van der Waals surface area contributed by atoms with Crippen LogP contribution in [0.1, 0.15) is 25.3 Å². The predicted molar refractivity (Wildman–Crippen MR) is 149 cm³/mol. The lowest BCUT2D eigenvalue weighted by atomic mass is 10.0. The van der Waals surface area contributed by atoms with E-state index in [2.05, 4.69) is 26.5 Å². The molecule has 2 amide bonds. The van der Waals surface area contributed by atoms with Gasteiger partial charge in [0.05, 0.1) is 43.5 Å². The fourth-order valence-corrected chi connectivity index (χ4v) is 4.83. The molecule has 3 aromatic rings. The molecule has 3 heterocycles. The van der Waals surface area contributed by atoms with Gasteiger partial charge < -0.3 is 29.9 Å². The largest absolute Gasteiger partial charge is 0.378 e. The number of aromatic nitrogens is 1. The molecule has 2 saturated heterocycles. The highest BCUT2D eigenvalue weighted by Gasteiger charge is 2.24. The number of benzene rings is 2. The minimum Gasteiger partial charge on any atom is -0.378 e. The first kappa shape index (κ1) is 25.9. The molecule has 38 heavy (non-hydrogen) atoms. The van der Waals surface area contributed by atoms with Crippen molar-refractivity contribution in [1.82, 2.24) is 10.3 Å². The number of hydrogen-bond donors (Lipinski definition) is 2. The number of fused-ring (bicyclic) bond motifs is 1. The van der Waals surface area contributed by atoms with Crippen molar-refractivity contribution in [3.63, 3.8) is 0 Å². The van der Waals surface area contributed by atoms with Crippen LogP contribution in [-0.2, 0) is 19.1 Å². The Morgan fingerprint density at radius 3 is 2.18 bits per heavy atom. The zero-order valence-electron chi connectivity index (χ0n) is 22.0. The van der Waals surface area contributed by atoms with Gasteiger partial charge >= 0.3 is 0 Å². The lowest BCUT2D eigenvalue weighted by Gasteiger charge is -2.35. The highest BCUT2D eigenvalue weighted by molar-refractivity contribution is 5.99. The molecular weight excluding hydrogens is 482 g/mol. The van der Waals surface area contributed by atoms with Gasteiger partial charge in [0.1, 0.15) is 6.04 Å². The van der Waals surface area contributed by atoms with E-state index >= 15 is 0 Å². The Balaban J connectivity index is 1.32. The van der Waals surface area contributed by atoms with Crippen LogP contribution in [0.15, 0.2) is 54.6 Å². The van der Waals surface area contributed by atoms with Crippen LogP contribution >= 0.6 is 0 Å². The summed E-state index contributed by atoms with van der Waals surface area (Å²) in [6, 6.07) is 16.7. The van der Waals surface area contributed by atoms with E-state index in [1.54, 1.807) is 6.92 Å². The molecule has 2 fully saturated rings. The van der Waals surface area contributed by atoms with Crippen molar-refractivity contribution in [3.8, 4) is 0 Å². The van der Waals surface area contributed by atoms with E-state index in [0.29, 0.717) is 32.1 Å². The minimum absolute atomic E-state index is 0.188. The maximum absolute atomic E-state index is 12.9. The maximum Gasteiger partial charge on any atom is 0.246 e. The molecule has 200 valence electrons. The zero-order valence-corrected chi connectivity index (χ0v) is 22.0. The van der Waals surface area contributed by atoms with Gasteiger partial charge in [0, 0.05) is 37.3 Å². The second kappa shape index (κ2) is 11.8. The van der Waals surface area contributed by atoms with E-state index in [1.165, 1.54) is 0 Å². The van der Waals surface area contributed by atoms with Gasteiger partial charge in [-0.1, -0.05) is 30.3 Å². The molecule has 2 N–H and O–H groups in total. The van der Waals surface area contributed by atoms with Gasteiger partial charge in [-0.3, -0.25) is 9.59 Å². The third kappa shape index (κ3) is 5.89. The molecule has 0 radical (unpaired) electrons. The van der Waals surface area contributed by atoms with Gasteiger partial charge in [0.15, 0.2) is 5.82 Å². The van der Waals surface area contributed by atoms with Gasteiger partial charge in [-0.15, -0.1) is 0 Å². The molecule has 5 rings (SSSR count). The van der Waals surface area contributed by atoms with Crippen molar-refractivity contribution in [2.45, 2.75) is 25.8 Å². The number of rotatable bonds is 7. The number of anilines is 3. The smallest absolute Gasteiger partial charge is 0.246 e. The van der Waals surface area contributed by atoms with Gasteiger partial charge in [-0.2, -0.15) is 0 Å². The van der Waals surface area contributed by atoms with E-state index in [1.807, 2.05) is 55.5 Å². The van der Waals surface area contributed by atoms with Gasteiger partial charge in [0.2, 0.25) is 11.8 Å². The topological polar surface area (TPSA) is 96.0 Å². The second-order valence-corrected chi connectivity index (χ2v) is 9.79. The summed E-state index contributed by atoms with van der Waals surface area (Å²) in [6.07, 6.45) is 0. The SMILES string of the molecule is CC(C(=O)N[C@@H](C)C(=O)Nc1ccc2nc(N3CCOCC3)c(N3CCOCC3)cc2c1)c1ccccc1. The minimum atomic E-state index is -0.685. The van der Waals surface area contributed by atoms with Gasteiger partial charge in [-0.05, 0) is 43.7 Å². The molecule has 0 aliphatic carbocycles. The summed E-state index contributed by atoms with van der Waals surface area (Å²) >= 11 is 0. The lowest BCUT2D eigenvalue weighted by molar-refractivity contribution is -0.126. The van der Waals surface area contributed by atoms with Gasteiger partial charge in [0.25, 0.3) is 0 Å². The summed E-state index contributed by atoms with van der Waals surface area (Å²) in [5, 5.41) is 6.73. The normalized spacial score (nSPS) is 17.6.